The second-order valence-electron chi connectivity index (χ2n) is 5.09. The summed E-state index contributed by atoms with van der Waals surface area (Å²) < 4.78 is 26.9. The molecule has 120 valence electrons. The van der Waals surface area contributed by atoms with E-state index < -0.39 is 16.0 Å². The molecule has 1 aromatic carbocycles. The van der Waals surface area contributed by atoms with Gasteiger partial charge >= 0.3 is 5.97 Å². The third-order valence-electron chi connectivity index (χ3n) is 3.29. The lowest BCUT2D eigenvalue weighted by Crippen LogP contribution is -2.27. The maximum Gasteiger partial charge on any atom is 0.337 e. The SMILES string of the molecule is COC(=O)c1cc(Cl)cc(N2CC(CS(N)(=O)=O)CC2=O)c1. The quantitative estimate of drug-likeness (QED) is 0.810. The number of methoxy groups -OCH3 is 1. The maximum atomic E-state index is 12.1. The second kappa shape index (κ2) is 6.23. The predicted molar refractivity (Wildman–Crippen MR) is 81.2 cm³/mol. The van der Waals surface area contributed by atoms with Crippen molar-refractivity contribution in [2.45, 2.75) is 6.42 Å². The Morgan fingerprint density at radius 3 is 2.73 bits per heavy atom. The lowest BCUT2D eigenvalue weighted by molar-refractivity contribution is -0.117. The summed E-state index contributed by atoms with van der Waals surface area (Å²) in [4.78, 5) is 25.0. The molecule has 0 radical (unpaired) electrons. The fraction of sp³-hybridized carbons (Fsp3) is 0.385. The first kappa shape index (κ1) is 16.7. The highest BCUT2D eigenvalue weighted by molar-refractivity contribution is 7.89. The van der Waals surface area contributed by atoms with Crippen LogP contribution in [-0.2, 0) is 19.6 Å². The molecule has 0 saturated carbocycles. The summed E-state index contributed by atoms with van der Waals surface area (Å²) in [5, 5.41) is 5.29. The van der Waals surface area contributed by atoms with Crippen molar-refractivity contribution in [2.75, 3.05) is 24.3 Å². The molecule has 1 saturated heterocycles. The number of primary sulfonamides is 1. The van der Waals surface area contributed by atoms with E-state index in [1.165, 1.54) is 30.2 Å². The Morgan fingerprint density at radius 2 is 2.14 bits per heavy atom. The van der Waals surface area contributed by atoms with Gasteiger partial charge in [0.1, 0.15) is 0 Å². The number of hydrogen-bond acceptors (Lipinski definition) is 5. The van der Waals surface area contributed by atoms with Gasteiger partial charge in [-0.3, -0.25) is 4.79 Å². The minimum Gasteiger partial charge on any atom is -0.465 e. The molecule has 1 aromatic rings. The van der Waals surface area contributed by atoms with Gasteiger partial charge in [-0.05, 0) is 18.2 Å². The monoisotopic (exact) mass is 346 g/mol. The molecule has 1 atom stereocenters. The zero-order valence-corrected chi connectivity index (χ0v) is 13.4. The number of carbonyl (C=O) groups excluding carboxylic acids is 2. The number of hydrogen-bond donors (Lipinski definition) is 1. The van der Waals surface area contributed by atoms with Crippen molar-refractivity contribution < 1.29 is 22.7 Å². The first-order valence-corrected chi connectivity index (χ1v) is 8.48. The van der Waals surface area contributed by atoms with Crippen LogP contribution >= 0.6 is 11.6 Å². The summed E-state index contributed by atoms with van der Waals surface area (Å²) in [6.07, 6.45) is 0.0799. The van der Waals surface area contributed by atoms with Crippen molar-refractivity contribution in [1.82, 2.24) is 0 Å². The summed E-state index contributed by atoms with van der Waals surface area (Å²) in [6, 6.07) is 4.44. The summed E-state index contributed by atoms with van der Waals surface area (Å²) in [5.74, 6) is -1.47. The van der Waals surface area contributed by atoms with Crippen LogP contribution in [0.2, 0.25) is 5.02 Å². The zero-order valence-electron chi connectivity index (χ0n) is 11.8. The van der Waals surface area contributed by atoms with Gasteiger partial charge in [0.25, 0.3) is 0 Å². The van der Waals surface area contributed by atoms with E-state index in [1.54, 1.807) is 0 Å². The number of rotatable bonds is 4. The summed E-state index contributed by atoms with van der Waals surface area (Å²) in [5.41, 5.74) is 0.641. The first-order valence-electron chi connectivity index (χ1n) is 6.39. The summed E-state index contributed by atoms with van der Waals surface area (Å²) in [6.45, 7) is 0.205. The van der Waals surface area contributed by atoms with Crippen LogP contribution in [-0.4, -0.2) is 39.7 Å². The van der Waals surface area contributed by atoms with E-state index in [2.05, 4.69) is 4.74 Å². The van der Waals surface area contributed by atoms with Gasteiger partial charge in [0.05, 0.1) is 18.4 Å². The highest BCUT2D eigenvalue weighted by Gasteiger charge is 2.33. The number of esters is 1. The molecular formula is C13H15ClN2O5S. The van der Waals surface area contributed by atoms with Crippen molar-refractivity contribution in [3.05, 3.63) is 28.8 Å². The van der Waals surface area contributed by atoms with Gasteiger partial charge in [-0.2, -0.15) is 0 Å². The number of amides is 1. The van der Waals surface area contributed by atoms with E-state index in [0.29, 0.717) is 5.69 Å². The molecule has 0 spiro atoms. The summed E-state index contributed by atoms with van der Waals surface area (Å²) >= 11 is 5.96. The minimum atomic E-state index is -3.65. The van der Waals surface area contributed by atoms with Crippen molar-refractivity contribution in [1.29, 1.82) is 0 Å². The van der Waals surface area contributed by atoms with Crippen molar-refractivity contribution in [2.24, 2.45) is 11.1 Å². The molecule has 0 aromatic heterocycles. The normalized spacial score (nSPS) is 18.6. The van der Waals surface area contributed by atoms with Gasteiger partial charge in [0, 0.05) is 29.6 Å². The summed E-state index contributed by atoms with van der Waals surface area (Å²) in [7, 11) is -2.41. The number of ether oxygens (including phenoxy) is 1. The fourth-order valence-electron chi connectivity index (χ4n) is 2.44. The molecule has 1 aliphatic heterocycles. The molecule has 7 nitrogen and oxygen atoms in total. The fourth-order valence-corrected chi connectivity index (χ4v) is 3.55. The van der Waals surface area contributed by atoms with Crippen molar-refractivity contribution in [3.63, 3.8) is 0 Å². The Morgan fingerprint density at radius 1 is 1.45 bits per heavy atom. The van der Waals surface area contributed by atoms with Crippen LogP contribution in [0, 0.1) is 5.92 Å². The molecule has 22 heavy (non-hydrogen) atoms. The molecular weight excluding hydrogens is 332 g/mol. The molecule has 9 heteroatoms. The van der Waals surface area contributed by atoms with Crippen LogP contribution in [0.4, 0.5) is 5.69 Å². The largest absolute Gasteiger partial charge is 0.465 e. The highest BCUT2D eigenvalue weighted by atomic mass is 35.5. The van der Waals surface area contributed by atoms with Crippen LogP contribution in [0.5, 0.6) is 0 Å². The van der Waals surface area contributed by atoms with Crippen molar-refractivity contribution >= 4 is 39.2 Å². The topological polar surface area (TPSA) is 107 Å². The lowest BCUT2D eigenvalue weighted by Gasteiger charge is -2.18. The number of nitrogens with zero attached hydrogens (tertiary/aromatic N) is 1. The third kappa shape index (κ3) is 3.96. The van der Waals surface area contributed by atoms with Gasteiger partial charge in [-0.1, -0.05) is 11.6 Å². The maximum absolute atomic E-state index is 12.1. The zero-order chi connectivity index (χ0) is 16.5. The van der Waals surface area contributed by atoms with Gasteiger partial charge < -0.3 is 9.64 Å². The smallest absolute Gasteiger partial charge is 0.337 e. The Balaban J connectivity index is 2.27. The van der Waals surface area contributed by atoms with E-state index in [0.717, 1.165) is 0 Å². The number of benzene rings is 1. The molecule has 2 rings (SSSR count). The van der Waals surface area contributed by atoms with Crippen molar-refractivity contribution in [3.8, 4) is 0 Å². The second-order valence-corrected chi connectivity index (χ2v) is 7.19. The van der Waals surface area contributed by atoms with Crippen LogP contribution in [0.15, 0.2) is 18.2 Å². The van der Waals surface area contributed by atoms with E-state index >= 15 is 0 Å². The Hall–Kier alpha value is -1.64. The number of sulfonamides is 1. The van der Waals surface area contributed by atoms with Crippen LogP contribution in [0.3, 0.4) is 0 Å². The Kier molecular flexibility index (Phi) is 4.74. The lowest BCUT2D eigenvalue weighted by atomic mass is 10.1. The number of nitrogens with two attached hydrogens (primary N) is 1. The average Bonchev–Trinajstić information content (AvgIpc) is 2.75. The Bertz CT molecular complexity index is 719. The molecule has 2 N–H and O–H groups in total. The number of halogens is 1. The predicted octanol–water partition coefficient (Wildman–Crippen LogP) is 0.768. The van der Waals surface area contributed by atoms with E-state index in [-0.39, 0.29) is 41.1 Å². The van der Waals surface area contributed by atoms with Crippen LogP contribution in [0.1, 0.15) is 16.8 Å². The molecule has 1 heterocycles. The van der Waals surface area contributed by atoms with E-state index in [4.69, 9.17) is 16.7 Å². The third-order valence-corrected chi connectivity index (χ3v) is 4.44. The minimum absolute atomic E-state index is 0.0799. The first-order chi connectivity index (χ1) is 10.2. The molecule has 1 fully saturated rings. The van der Waals surface area contributed by atoms with E-state index in [9.17, 15) is 18.0 Å². The van der Waals surface area contributed by atoms with Crippen LogP contribution < -0.4 is 10.0 Å². The Labute approximate surface area is 133 Å². The molecule has 1 unspecified atom stereocenters. The highest BCUT2D eigenvalue weighted by Crippen LogP contribution is 2.29. The molecule has 1 aliphatic rings. The molecule has 1 amide bonds. The van der Waals surface area contributed by atoms with Gasteiger partial charge in [-0.15, -0.1) is 0 Å². The number of anilines is 1. The van der Waals surface area contributed by atoms with E-state index in [1.807, 2.05) is 0 Å². The van der Waals surface area contributed by atoms with Crippen LogP contribution in [0.25, 0.3) is 0 Å². The standard InChI is InChI=1S/C13H15ClN2O5S/c1-21-13(18)9-3-10(14)5-11(4-9)16-6-8(2-12(16)17)7-22(15,19)20/h3-5,8H,2,6-7H2,1H3,(H2,15,19,20). The average molecular weight is 347 g/mol. The van der Waals surface area contributed by atoms with Gasteiger partial charge in [0.15, 0.2) is 0 Å². The molecule has 0 aliphatic carbocycles. The number of carbonyl (C=O) groups is 2. The van der Waals surface area contributed by atoms with Gasteiger partial charge in [-0.25, -0.2) is 18.4 Å². The van der Waals surface area contributed by atoms with Gasteiger partial charge in [0.2, 0.25) is 15.9 Å². The molecule has 0 bridgehead atoms.